The van der Waals surface area contributed by atoms with Crippen LogP contribution in [-0.4, -0.2) is 0 Å². The highest BCUT2D eigenvalue weighted by atomic mass is 32.2. The Hall–Kier alpha value is -3.79. The van der Waals surface area contributed by atoms with Gasteiger partial charge in [0.25, 0.3) is 0 Å². The minimum absolute atomic E-state index is 1.25. The second kappa shape index (κ2) is 7.35. The van der Waals surface area contributed by atoms with E-state index in [-0.39, 0.29) is 0 Å². The fourth-order valence-corrected chi connectivity index (χ4v) is 7.87. The van der Waals surface area contributed by atoms with Crippen LogP contribution in [0.5, 0.6) is 0 Å². The van der Waals surface area contributed by atoms with Crippen molar-refractivity contribution in [3.05, 3.63) is 115 Å². The number of hydrogen-bond acceptors (Lipinski definition) is 3. The molecule has 0 spiro atoms. The van der Waals surface area contributed by atoms with Crippen LogP contribution in [0.4, 0.5) is 17.1 Å². The van der Waals surface area contributed by atoms with Gasteiger partial charge in [0.05, 0.1) is 21.8 Å². The second-order valence-corrected chi connectivity index (χ2v) is 11.1. The third-order valence-electron chi connectivity index (χ3n) is 7.02. The third-order valence-corrected chi connectivity index (χ3v) is 9.41. The van der Waals surface area contributed by atoms with Crippen LogP contribution in [0.1, 0.15) is 0 Å². The molecule has 0 atom stereocenters. The average molecular weight is 482 g/mol. The molecule has 0 fully saturated rings. The molecule has 6 aromatic carbocycles. The van der Waals surface area contributed by atoms with Gasteiger partial charge >= 0.3 is 0 Å². The van der Waals surface area contributed by atoms with Gasteiger partial charge in [0.2, 0.25) is 0 Å². The van der Waals surface area contributed by atoms with Crippen molar-refractivity contribution >= 4 is 81.9 Å². The zero-order valence-corrected chi connectivity index (χ0v) is 20.4. The first-order valence-corrected chi connectivity index (χ1v) is 13.4. The van der Waals surface area contributed by atoms with Gasteiger partial charge in [-0.3, -0.25) is 0 Å². The topological polar surface area (TPSA) is 3.24 Å². The van der Waals surface area contributed by atoms with E-state index in [1.54, 1.807) is 0 Å². The summed E-state index contributed by atoms with van der Waals surface area (Å²) >= 11 is 3.79. The zero-order chi connectivity index (χ0) is 22.9. The minimum atomic E-state index is 1.25. The van der Waals surface area contributed by atoms with Crippen molar-refractivity contribution in [2.75, 3.05) is 4.90 Å². The molecule has 0 N–H and O–H groups in total. The first kappa shape index (κ1) is 19.5. The van der Waals surface area contributed by atoms with Crippen molar-refractivity contribution in [3.8, 4) is 0 Å². The third kappa shape index (κ3) is 2.77. The SMILES string of the molecule is c1ccc2c3c(ccc2c1)N(c1cccc2c1sc1ccccc12)c1c(ccc2ccccc12)S3. The molecule has 3 heteroatoms. The summed E-state index contributed by atoms with van der Waals surface area (Å²) < 4.78 is 2.66. The van der Waals surface area contributed by atoms with E-state index in [1.165, 1.54) is 68.6 Å². The highest BCUT2D eigenvalue weighted by Crippen LogP contribution is 2.57. The molecule has 0 saturated carbocycles. The summed E-state index contributed by atoms with van der Waals surface area (Å²) in [6.07, 6.45) is 0. The Labute approximate surface area is 211 Å². The van der Waals surface area contributed by atoms with Crippen LogP contribution in [0.2, 0.25) is 0 Å². The Bertz CT molecular complexity index is 1950. The molecule has 0 unspecified atom stereocenters. The van der Waals surface area contributed by atoms with Crippen molar-refractivity contribution in [1.82, 2.24) is 0 Å². The van der Waals surface area contributed by atoms with Gasteiger partial charge in [-0.15, -0.1) is 11.3 Å². The van der Waals surface area contributed by atoms with E-state index in [1.807, 2.05) is 23.1 Å². The van der Waals surface area contributed by atoms with E-state index in [0.717, 1.165) is 0 Å². The molecule has 1 aliphatic heterocycles. The van der Waals surface area contributed by atoms with Crippen LogP contribution in [0, 0.1) is 0 Å². The lowest BCUT2D eigenvalue weighted by atomic mass is 10.0. The molecular formula is C32H19NS2. The van der Waals surface area contributed by atoms with Crippen molar-refractivity contribution in [3.63, 3.8) is 0 Å². The minimum Gasteiger partial charge on any atom is -0.306 e. The number of fused-ring (bicyclic) bond motifs is 9. The van der Waals surface area contributed by atoms with Gasteiger partial charge < -0.3 is 4.90 Å². The number of nitrogens with zero attached hydrogens (tertiary/aromatic N) is 1. The first-order valence-electron chi connectivity index (χ1n) is 11.8. The van der Waals surface area contributed by atoms with E-state index in [4.69, 9.17) is 0 Å². The van der Waals surface area contributed by atoms with Gasteiger partial charge in [-0.1, -0.05) is 103 Å². The monoisotopic (exact) mass is 481 g/mol. The van der Waals surface area contributed by atoms with Crippen LogP contribution in [0.3, 0.4) is 0 Å². The van der Waals surface area contributed by atoms with E-state index in [0.29, 0.717) is 0 Å². The Morgan fingerprint density at radius 3 is 2.06 bits per heavy atom. The predicted octanol–water partition coefficient (Wildman–Crippen LogP) is 10.3. The highest BCUT2D eigenvalue weighted by molar-refractivity contribution is 8.00. The summed E-state index contributed by atoms with van der Waals surface area (Å²) in [4.78, 5) is 5.14. The summed E-state index contributed by atoms with van der Waals surface area (Å²) in [5.41, 5.74) is 3.78. The van der Waals surface area contributed by atoms with Gasteiger partial charge in [-0.2, -0.15) is 0 Å². The van der Waals surface area contributed by atoms with Gasteiger partial charge in [0.1, 0.15) is 0 Å². The number of thiophene rings is 1. The molecule has 1 aliphatic rings. The van der Waals surface area contributed by atoms with Crippen LogP contribution in [-0.2, 0) is 0 Å². The molecule has 7 aromatic rings. The normalized spacial score (nSPS) is 13.0. The Balaban J connectivity index is 1.53. The van der Waals surface area contributed by atoms with Gasteiger partial charge in [0.15, 0.2) is 0 Å². The molecule has 1 aromatic heterocycles. The summed E-state index contributed by atoms with van der Waals surface area (Å²) in [5, 5.41) is 7.80. The predicted molar refractivity (Wildman–Crippen MR) is 153 cm³/mol. The molecule has 2 heterocycles. The molecule has 8 rings (SSSR count). The molecule has 0 bridgehead atoms. The largest absolute Gasteiger partial charge is 0.306 e. The zero-order valence-electron chi connectivity index (χ0n) is 18.7. The lowest BCUT2D eigenvalue weighted by Crippen LogP contribution is -2.15. The molecule has 0 saturated heterocycles. The van der Waals surface area contributed by atoms with Gasteiger partial charge in [0, 0.05) is 30.6 Å². The van der Waals surface area contributed by atoms with E-state index in [2.05, 4.69) is 120 Å². The standard InChI is InChI=1S/C32H19NS2/c1-3-10-22-20(8-1)17-19-29-30(22)33(27-18-16-21-9-2-4-11-23(21)31(27)35-29)26-14-7-13-25-24-12-5-6-15-28(24)34-32(25)26/h1-19H. The molecule has 35 heavy (non-hydrogen) atoms. The van der Waals surface area contributed by atoms with E-state index < -0.39 is 0 Å². The van der Waals surface area contributed by atoms with Crippen LogP contribution < -0.4 is 4.90 Å². The number of rotatable bonds is 1. The van der Waals surface area contributed by atoms with Crippen molar-refractivity contribution in [2.24, 2.45) is 0 Å². The molecule has 1 nitrogen and oxygen atoms in total. The highest BCUT2D eigenvalue weighted by Gasteiger charge is 2.29. The Morgan fingerprint density at radius 1 is 0.486 bits per heavy atom. The maximum atomic E-state index is 2.52. The lowest BCUT2D eigenvalue weighted by Gasteiger charge is -2.35. The molecule has 0 radical (unpaired) electrons. The van der Waals surface area contributed by atoms with Gasteiger partial charge in [-0.25, -0.2) is 0 Å². The molecule has 0 amide bonds. The van der Waals surface area contributed by atoms with Gasteiger partial charge in [-0.05, 0) is 40.4 Å². The van der Waals surface area contributed by atoms with Crippen molar-refractivity contribution in [1.29, 1.82) is 0 Å². The van der Waals surface area contributed by atoms with Crippen LogP contribution in [0.25, 0.3) is 41.7 Å². The summed E-state index contributed by atoms with van der Waals surface area (Å²) in [6, 6.07) is 42.2. The Kier molecular flexibility index (Phi) is 4.10. The first-order chi connectivity index (χ1) is 17.4. The summed E-state index contributed by atoms with van der Waals surface area (Å²) in [5.74, 6) is 0. The molecular weight excluding hydrogens is 462 g/mol. The maximum Gasteiger partial charge on any atom is 0.0680 e. The average Bonchev–Trinajstić information content (AvgIpc) is 3.31. The fraction of sp³-hybridized carbons (Fsp3) is 0. The number of anilines is 3. The van der Waals surface area contributed by atoms with Crippen LogP contribution in [0.15, 0.2) is 125 Å². The van der Waals surface area contributed by atoms with Crippen molar-refractivity contribution in [2.45, 2.75) is 9.79 Å². The maximum absolute atomic E-state index is 2.52. The van der Waals surface area contributed by atoms with E-state index >= 15 is 0 Å². The second-order valence-electron chi connectivity index (χ2n) is 8.96. The quantitative estimate of drug-likeness (QED) is 0.229. The summed E-state index contributed by atoms with van der Waals surface area (Å²) in [7, 11) is 0. The Morgan fingerprint density at radius 2 is 1.17 bits per heavy atom. The molecule has 164 valence electrons. The number of hydrogen-bond donors (Lipinski definition) is 0. The molecule has 0 aliphatic carbocycles. The van der Waals surface area contributed by atoms with Crippen molar-refractivity contribution < 1.29 is 0 Å². The fourth-order valence-electron chi connectivity index (χ4n) is 5.45. The van der Waals surface area contributed by atoms with Crippen LogP contribution >= 0.6 is 23.1 Å². The lowest BCUT2D eigenvalue weighted by molar-refractivity contribution is 1.20. The number of benzene rings is 6. The summed E-state index contributed by atoms with van der Waals surface area (Å²) in [6.45, 7) is 0. The smallest absolute Gasteiger partial charge is 0.0680 e. The van der Waals surface area contributed by atoms with E-state index in [9.17, 15) is 0 Å².